The summed E-state index contributed by atoms with van der Waals surface area (Å²) in [4.78, 5) is 10.7. The topological polar surface area (TPSA) is 60.2 Å². The van der Waals surface area contributed by atoms with Crippen LogP contribution in [0, 0.1) is 0 Å². The molecule has 0 aliphatic heterocycles. The second kappa shape index (κ2) is 6.81. The minimum Gasteiger partial charge on any atom is -0.369 e. The first-order chi connectivity index (χ1) is 9.54. The lowest BCUT2D eigenvalue weighted by Crippen LogP contribution is -2.20. The van der Waals surface area contributed by atoms with E-state index in [1.807, 2.05) is 48.5 Å². The quantitative estimate of drug-likeness (QED) is 0.900. The van der Waals surface area contributed by atoms with Gasteiger partial charge in [-0.3, -0.25) is 9.00 Å². The molecule has 0 spiro atoms. The third-order valence-electron chi connectivity index (χ3n) is 2.74. The lowest BCUT2D eigenvalue weighted by Gasteiger charge is -2.05. The molecule has 2 rings (SSSR count). The van der Waals surface area contributed by atoms with Gasteiger partial charge in [-0.1, -0.05) is 52.3 Å². The molecule has 104 valence electrons. The van der Waals surface area contributed by atoms with Gasteiger partial charge in [-0.25, -0.2) is 0 Å². The number of nitrogens with two attached hydrogens (primary N) is 1. The summed E-state index contributed by atoms with van der Waals surface area (Å²) in [6, 6.07) is 15.8. The van der Waals surface area contributed by atoms with Gasteiger partial charge < -0.3 is 5.73 Å². The van der Waals surface area contributed by atoms with Crippen molar-refractivity contribution in [1.82, 2.24) is 0 Å². The normalized spacial score (nSPS) is 12.1. The summed E-state index contributed by atoms with van der Waals surface area (Å²) < 4.78 is 12.7. The van der Waals surface area contributed by atoms with Crippen LogP contribution in [0.3, 0.4) is 0 Å². The molecule has 0 heterocycles. The molecule has 3 nitrogen and oxygen atoms in total. The lowest BCUT2D eigenvalue weighted by atomic mass is 10.0. The molecule has 0 radical (unpaired) electrons. The summed E-state index contributed by atoms with van der Waals surface area (Å²) in [6.07, 6.45) is 0. The fraction of sp³-hybridized carbons (Fsp3) is 0.133. The zero-order valence-electron chi connectivity index (χ0n) is 10.7. The number of carbonyl (C=O) groups is 1. The Bertz CT molecular complexity index is 641. The fourth-order valence-corrected chi connectivity index (χ4v) is 3.11. The minimum absolute atomic E-state index is 0.0947. The van der Waals surface area contributed by atoms with Crippen LogP contribution in [-0.4, -0.2) is 15.9 Å². The number of rotatable bonds is 5. The van der Waals surface area contributed by atoms with Gasteiger partial charge in [0.05, 0.1) is 0 Å². The molecule has 0 fully saturated rings. The van der Waals surface area contributed by atoms with Gasteiger partial charge >= 0.3 is 0 Å². The van der Waals surface area contributed by atoms with Crippen LogP contribution in [0.4, 0.5) is 0 Å². The van der Waals surface area contributed by atoms with E-state index in [0.717, 1.165) is 21.2 Å². The zero-order valence-corrected chi connectivity index (χ0v) is 13.1. The SMILES string of the molecule is NC(=O)CS(=O)Cc1cccc(-c2ccc(Br)cc2)c1. The summed E-state index contributed by atoms with van der Waals surface area (Å²) in [5.41, 5.74) is 8.14. The summed E-state index contributed by atoms with van der Waals surface area (Å²) in [6.45, 7) is 0. The Balaban J connectivity index is 2.17. The van der Waals surface area contributed by atoms with Crippen molar-refractivity contribution < 1.29 is 9.00 Å². The van der Waals surface area contributed by atoms with Crippen molar-refractivity contribution in [2.75, 3.05) is 5.75 Å². The average molecular weight is 352 g/mol. The van der Waals surface area contributed by atoms with Gasteiger partial charge in [0.1, 0.15) is 5.75 Å². The van der Waals surface area contributed by atoms with Crippen LogP contribution in [0.15, 0.2) is 53.0 Å². The number of amides is 1. The molecule has 1 amide bonds. The predicted octanol–water partition coefficient (Wildman–Crippen LogP) is 2.85. The van der Waals surface area contributed by atoms with Crippen molar-refractivity contribution in [2.24, 2.45) is 5.73 Å². The second-order valence-corrected chi connectivity index (χ2v) is 6.77. The van der Waals surface area contributed by atoms with Gasteiger partial charge in [0.25, 0.3) is 0 Å². The first-order valence-corrected chi connectivity index (χ1v) is 8.31. The van der Waals surface area contributed by atoms with Gasteiger partial charge in [0, 0.05) is 21.0 Å². The van der Waals surface area contributed by atoms with Crippen LogP contribution < -0.4 is 5.73 Å². The van der Waals surface area contributed by atoms with Gasteiger partial charge in [0.2, 0.25) is 5.91 Å². The van der Waals surface area contributed by atoms with Crippen molar-refractivity contribution in [3.05, 3.63) is 58.6 Å². The van der Waals surface area contributed by atoms with Gasteiger partial charge in [0.15, 0.2) is 0 Å². The number of benzene rings is 2. The summed E-state index contributed by atoms with van der Waals surface area (Å²) in [7, 11) is -1.25. The van der Waals surface area contributed by atoms with Crippen LogP contribution >= 0.6 is 15.9 Å². The van der Waals surface area contributed by atoms with Crippen LogP contribution in [-0.2, 0) is 21.3 Å². The molecular weight excluding hydrogens is 338 g/mol. The van der Waals surface area contributed by atoms with E-state index in [0.29, 0.717) is 5.75 Å². The molecule has 20 heavy (non-hydrogen) atoms. The van der Waals surface area contributed by atoms with Crippen LogP contribution in [0.1, 0.15) is 5.56 Å². The smallest absolute Gasteiger partial charge is 0.230 e. The standard InChI is InChI=1S/C15H14BrNO2S/c16-14-6-4-12(5-7-14)13-3-1-2-11(8-13)9-20(19)10-15(17)18/h1-8H,9-10H2,(H2,17,18). The molecule has 0 bridgehead atoms. The summed E-state index contributed by atoms with van der Waals surface area (Å²) in [5, 5.41) is 0. The number of halogens is 1. The number of hydrogen-bond donors (Lipinski definition) is 1. The van der Waals surface area contributed by atoms with Gasteiger partial charge in [-0.2, -0.15) is 0 Å². The van der Waals surface area contributed by atoms with E-state index in [-0.39, 0.29) is 5.75 Å². The highest BCUT2D eigenvalue weighted by Gasteiger charge is 2.06. The Kier molecular flexibility index (Phi) is 5.09. The van der Waals surface area contributed by atoms with Gasteiger partial charge in [-0.15, -0.1) is 0 Å². The molecule has 5 heteroatoms. The second-order valence-electron chi connectivity index (χ2n) is 4.40. The molecule has 2 N–H and O–H groups in total. The molecule has 1 atom stereocenters. The first kappa shape index (κ1) is 14.9. The van der Waals surface area contributed by atoms with E-state index < -0.39 is 16.7 Å². The van der Waals surface area contributed by atoms with Crippen LogP contribution in [0.2, 0.25) is 0 Å². The number of carbonyl (C=O) groups excluding carboxylic acids is 1. The van der Waals surface area contributed by atoms with Crippen LogP contribution in [0.25, 0.3) is 11.1 Å². The van der Waals surface area contributed by atoms with Crippen LogP contribution in [0.5, 0.6) is 0 Å². The van der Waals surface area contributed by atoms with Crippen molar-refractivity contribution in [1.29, 1.82) is 0 Å². The molecule has 2 aromatic rings. The molecule has 0 aliphatic rings. The summed E-state index contributed by atoms with van der Waals surface area (Å²) in [5.74, 6) is -0.289. The predicted molar refractivity (Wildman–Crippen MR) is 85.5 cm³/mol. The minimum atomic E-state index is -1.25. The van der Waals surface area contributed by atoms with Crippen molar-refractivity contribution in [3.63, 3.8) is 0 Å². The van der Waals surface area contributed by atoms with E-state index in [9.17, 15) is 9.00 Å². The molecule has 0 saturated carbocycles. The molecule has 0 aliphatic carbocycles. The Morgan fingerprint density at radius 2 is 1.80 bits per heavy atom. The van der Waals surface area contributed by atoms with Crippen molar-refractivity contribution in [2.45, 2.75) is 5.75 Å². The maximum absolute atomic E-state index is 11.7. The molecule has 0 saturated heterocycles. The highest BCUT2D eigenvalue weighted by Crippen LogP contribution is 2.23. The molecule has 1 unspecified atom stereocenters. The van der Waals surface area contributed by atoms with E-state index in [4.69, 9.17) is 5.73 Å². The molecule has 0 aromatic heterocycles. The lowest BCUT2D eigenvalue weighted by molar-refractivity contribution is -0.115. The molecule has 2 aromatic carbocycles. The highest BCUT2D eigenvalue weighted by atomic mass is 79.9. The van der Waals surface area contributed by atoms with E-state index in [1.165, 1.54) is 0 Å². The fourth-order valence-electron chi connectivity index (χ4n) is 1.88. The average Bonchev–Trinajstić information content (AvgIpc) is 2.38. The Labute approximate surface area is 128 Å². The van der Waals surface area contributed by atoms with Crippen molar-refractivity contribution >= 4 is 32.6 Å². The number of hydrogen-bond acceptors (Lipinski definition) is 2. The Morgan fingerprint density at radius 3 is 2.45 bits per heavy atom. The third kappa shape index (κ3) is 4.28. The van der Waals surface area contributed by atoms with Crippen molar-refractivity contribution in [3.8, 4) is 11.1 Å². The monoisotopic (exact) mass is 351 g/mol. The largest absolute Gasteiger partial charge is 0.369 e. The Hall–Kier alpha value is -1.46. The number of primary amides is 1. The zero-order chi connectivity index (χ0) is 14.5. The summed E-state index contributed by atoms with van der Waals surface area (Å²) >= 11 is 3.40. The van der Waals surface area contributed by atoms with E-state index >= 15 is 0 Å². The highest BCUT2D eigenvalue weighted by molar-refractivity contribution is 9.10. The van der Waals surface area contributed by atoms with E-state index in [2.05, 4.69) is 15.9 Å². The first-order valence-electron chi connectivity index (χ1n) is 6.03. The maximum Gasteiger partial charge on any atom is 0.230 e. The van der Waals surface area contributed by atoms with Gasteiger partial charge in [-0.05, 0) is 28.8 Å². The third-order valence-corrected chi connectivity index (χ3v) is 4.53. The molecular formula is C15H14BrNO2S. The van der Waals surface area contributed by atoms with E-state index in [1.54, 1.807) is 0 Å². The maximum atomic E-state index is 11.7. The Morgan fingerprint density at radius 1 is 1.10 bits per heavy atom.